The lowest BCUT2D eigenvalue weighted by Gasteiger charge is -2.41. The van der Waals surface area contributed by atoms with Crippen molar-refractivity contribution in [2.75, 3.05) is 19.6 Å². The van der Waals surface area contributed by atoms with Crippen LogP contribution < -0.4 is 5.32 Å². The van der Waals surface area contributed by atoms with E-state index in [2.05, 4.69) is 37.9 Å². The Morgan fingerprint density at radius 1 is 1.05 bits per heavy atom. The molecule has 0 amide bonds. The molecule has 2 nitrogen and oxygen atoms in total. The SMILES string of the molecule is CCCNC1C(N2CCC(CCC)CC2)CCC1(C)C. The van der Waals surface area contributed by atoms with Crippen LogP contribution in [0.2, 0.25) is 0 Å². The number of rotatable bonds is 6. The molecule has 2 unspecified atom stereocenters. The van der Waals surface area contributed by atoms with Gasteiger partial charge in [-0.15, -0.1) is 0 Å². The summed E-state index contributed by atoms with van der Waals surface area (Å²) in [7, 11) is 0. The Morgan fingerprint density at radius 2 is 1.75 bits per heavy atom. The zero-order valence-electron chi connectivity index (χ0n) is 14.3. The Balaban J connectivity index is 1.91. The first-order valence-electron chi connectivity index (χ1n) is 9.06. The van der Waals surface area contributed by atoms with Crippen LogP contribution in [0.3, 0.4) is 0 Å². The quantitative estimate of drug-likeness (QED) is 0.789. The van der Waals surface area contributed by atoms with Crippen molar-refractivity contribution in [3.05, 3.63) is 0 Å². The van der Waals surface area contributed by atoms with E-state index >= 15 is 0 Å². The number of nitrogens with one attached hydrogen (secondary N) is 1. The summed E-state index contributed by atoms with van der Waals surface area (Å²) < 4.78 is 0. The Labute approximate surface area is 126 Å². The van der Waals surface area contributed by atoms with E-state index < -0.39 is 0 Å². The number of likely N-dealkylation sites (tertiary alicyclic amines) is 1. The van der Waals surface area contributed by atoms with Gasteiger partial charge in [-0.25, -0.2) is 0 Å². The molecule has 1 aliphatic carbocycles. The molecule has 2 heteroatoms. The Hall–Kier alpha value is -0.0800. The molecule has 0 bridgehead atoms. The first kappa shape index (κ1) is 16.3. The Morgan fingerprint density at radius 3 is 2.35 bits per heavy atom. The summed E-state index contributed by atoms with van der Waals surface area (Å²) >= 11 is 0. The first-order chi connectivity index (χ1) is 9.58. The van der Waals surface area contributed by atoms with E-state index in [-0.39, 0.29) is 0 Å². The van der Waals surface area contributed by atoms with Crippen LogP contribution >= 0.6 is 0 Å². The fourth-order valence-electron chi connectivity index (χ4n) is 4.45. The normalized spacial score (nSPS) is 31.8. The van der Waals surface area contributed by atoms with Crippen LogP contribution in [0, 0.1) is 11.3 Å². The average molecular weight is 280 g/mol. The maximum atomic E-state index is 3.86. The van der Waals surface area contributed by atoms with Crippen molar-refractivity contribution in [2.45, 2.75) is 84.7 Å². The number of hydrogen-bond acceptors (Lipinski definition) is 2. The van der Waals surface area contributed by atoms with E-state index in [0.717, 1.165) is 12.0 Å². The maximum absolute atomic E-state index is 3.86. The third kappa shape index (κ3) is 3.76. The van der Waals surface area contributed by atoms with Crippen molar-refractivity contribution in [1.29, 1.82) is 0 Å². The molecule has 2 rings (SSSR count). The molecule has 1 N–H and O–H groups in total. The van der Waals surface area contributed by atoms with E-state index in [0.29, 0.717) is 11.5 Å². The Bertz CT molecular complexity index is 279. The molecule has 2 fully saturated rings. The molecule has 0 radical (unpaired) electrons. The molecule has 2 aliphatic rings. The minimum Gasteiger partial charge on any atom is -0.312 e. The summed E-state index contributed by atoms with van der Waals surface area (Å²) in [4.78, 5) is 2.81. The van der Waals surface area contributed by atoms with Gasteiger partial charge < -0.3 is 5.32 Å². The number of nitrogens with zero attached hydrogens (tertiary/aromatic N) is 1. The molecule has 1 saturated heterocycles. The highest BCUT2D eigenvalue weighted by Gasteiger charge is 2.44. The van der Waals surface area contributed by atoms with Crippen LogP contribution in [0.15, 0.2) is 0 Å². The lowest BCUT2D eigenvalue weighted by atomic mass is 9.85. The van der Waals surface area contributed by atoms with Crippen LogP contribution in [-0.4, -0.2) is 36.6 Å². The monoisotopic (exact) mass is 280 g/mol. The molecule has 0 spiro atoms. The number of piperidine rings is 1. The lowest BCUT2D eigenvalue weighted by molar-refractivity contribution is 0.0991. The highest BCUT2D eigenvalue weighted by Crippen LogP contribution is 2.41. The zero-order valence-corrected chi connectivity index (χ0v) is 14.3. The minimum atomic E-state index is 0.472. The summed E-state index contributed by atoms with van der Waals surface area (Å²) in [6, 6.07) is 1.49. The van der Waals surface area contributed by atoms with Crippen LogP contribution in [0.5, 0.6) is 0 Å². The summed E-state index contributed by atoms with van der Waals surface area (Å²) in [5.41, 5.74) is 0.472. The molecule has 1 heterocycles. The maximum Gasteiger partial charge on any atom is 0.0274 e. The predicted molar refractivity (Wildman–Crippen MR) is 88.1 cm³/mol. The molecular formula is C18H36N2. The standard InChI is InChI=1S/C18H36N2/c1-5-7-15-9-13-20(14-10-15)16-8-11-18(3,4)17(16)19-12-6-2/h15-17,19H,5-14H2,1-4H3. The van der Waals surface area contributed by atoms with Gasteiger partial charge in [0.15, 0.2) is 0 Å². The summed E-state index contributed by atoms with van der Waals surface area (Å²) in [6.45, 7) is 13.4. The van der Waals surface area contributed by atoms with Crippen LogP contribution in [0.4, 0.5) is 0 Å². The molecule has 0 aromatic carbocycles. The fourth-order valence-corrected chi connectivity index (χ4v) is 4.45. The van der Waals surface area contributed by atoms with E-state index in [4.69, 9.17) is 0 Å². The van der Waals surface area contributed by atoms with Crippen LogP contribution in [-0.2, 0) is 0 Å². The molecule has 1 saturated carbocycles. The van der Waals surface area contributed by atoms with Gasteiger partial charge in [0.05, 0.1) is 0 Å². The van der Waals surface area contributed by atoms with Gasteiger partial charge in [0.1, 0.15) is 0 Å². The average Bonchev–Trinajstić information content (AvgIpc) is 2.73. The second kappa shape index (κ2) is 7.26. The van der Waals surface area contributed by atoms with E-state index in [1.165, 1.54) is 64.6 Å². The van der Waals surface area contributed by atoms with Crippen molar-refractivity contribution in [3.63, 3.8) is 0 Å². The third-order valence-electron chi connectivity index (χ3n) is 5.74. The van der Waals surface area contributed by atoms with Crippen molar-refractivity contribution in [3.8, 4) is 0 Å². The third-order valence-corrected chi connectivity index (χ3v) is 5.74. The first-order valence-corrected chi connectivity index (χ1v) is 9.06. The largest absolute Gasteiger partial charge is 0.312 e. The second-order valence-electron chi connectivity index (χ2n) is 7.79. The van der Waals surface area contributed by atoms with E-state index in [9.17, 15) is 0 Å². The summed E-state index contributed by atoms with van der Waals surface area (Å²) in [6.07, 6.45) is 9.71. The van der Waals surface area contributed by atoms with Gasteiger partial charge in [-0.05, 0) is 63.1 Å². The van der Waals surface area contributed by atoms with Gasteiger partial charge in [-0.1, -0.05) is 40.5 Å². The van der Waals surface area contributed by atoms with Crippen LogP contribution in [0.1, 0.15) is 72.6 Å². The molecular weight excluding hydrogens is 244 g/mol. The van der Waals surface area contributed by atoms with Gasteiger partial charge in [-0.3, -0.25) is 4.90 Å². The van der Waals surface area contributed by atoms with Crippen LogP contribution in [0.25, 0.3) is 0 Å². The lowest BCUT2D eigenvalue weighted by Crippen LogP contribution is -2.53. The number of hydrogen-bond donors (Lipinski definition) is 1. The molecule has 118 valence electrons. The van der Waals surface area contributed by atoms with E-state index in [1.54, 1.807) is 0 Å². The predicted octanol–water partition coefficient (Wildman–Crippen LogP) is 4.06. The molecule has 0 aromatic rings. The fraction of sp³-hybridized carbons (Fsp3) is 1.00. The van der Waals surface area contributed by atoms with Gasteiger partial charge in [0.2, 0.25) is 0 Å². The van der Waals surface area contributed by atoms with Crippen molar-refractivity contribution in [1.82, 2.24) is 10.2 Å². The summed E-state index contributed by atoms with van der Waals surface area (Å²) in [5, 5.41) is 3.86. The molecule has 2 atom stereocenters. The van der Waals surface area contributed by atoms with Crippen molar-refractivity contribution in [2.24, 2.45) is 11.3 Å². The van der Waals surface area contributed by atoms with Gasteiger partial charge in [0.25, 0.3) is 0 Å². The Kier molecular flexibility index (Phi) is 5.92. The van der Waals surface area contributed by atoms with E-state index in [1.807, 2.05) is 0 Å². The topological polar surface area (TPSA) is 15.3 Å². The zero-order chi connectivity index (χ0) is 14.6. The van der Waals surface area contributed by atoms with Crippen molar-refractivity contribution >= 4 is 0 Å². The highest BCUT2D eigenvalue weighted by atomic mass is 15.2. The smallest absolute Gasteiger partial charge is 0.0274 e. The second-order valence-corrected chi connectivity index (χ2v) is 7.79. The molecule has 1 aliphatic heterocycles. The summed E-state index contributed by atoms with van der Waals surface area (Å²) in [5.74, 6) is 1.01. The van der Waals surface area contributed by atoms with Gasteiger partial charge in [0, 0.05) is 12.1 Å². The molecule has 20 heavy (non-hydrogen) atoms. The highest BCUT2D eigenvalue weighted by molar-refractivity contribution is 5.01. The van der Waals surface area contributed by atoms with Crippen molar-refractivity contribution < 1.29 is 0 Å². The van der Waals surface area contributed by atoms with Gasteiger partial charge >= 0.3 is 0 Å². The minimum absolute atomic E-state index is 0.472. The molecule has 0 aromatic heterocycles. The van der Waals surface area contributed by atoms with Gasteiger partial charge in [-0.2, -0.15) is 0 Å².